The first-order valence-corrected chi connectivity index (χ1v) is 9.08. The van der Waals surface area contributed by atoms with Gasteiger partial charge in [0.1, 0.15) is 5.62 Å². The van der Waals surface area contributed by atoms with E-state index < -0.39 is 28.8 Å². The van der Waals surface area contributed by atoms with Crippen LogP contribution in [0, 0.1) is 6.92 Å². The maximum atomic E-state index is 11.9. The van der Waals surface area contributed by atoms with E-state index in [1.807, 2.05) is 6.92 Å². The van der Waals surface area contributed by atoms with Crippen LogP contribution in [0.2, 0.25) is 0 Å². The van der Waals surface area contributed by atoms with Crippen molar-refractivity contribution in [3.05, 3.63) is 29.8 Å². The molecule has 0 aromatic heterocycles. The van der Waals surface area contributed by atoms with Crippen molar-refractivity contribution in [1.29, 1.82) is 0 Å². The van der Waals surface area contributed by atoms with Crippen LogP contribution in [0.1, 0.15) is 12.5 Å². The highest BCUT2D eigenvalue weighted by Gasteiger charge is 2.30. The van der Waals surface area contributed by atoms with Crippen LogP contribution in [0.4, 0.5) is 0 Å². The van der Waals surface area contributed by atoms with Crippen LogP contribution >= 0.6 is 19.0 Å². The van der Waals surface area contributed by atoms with E-state index in [-0.39, 0.29) is 4.90 Å². The first-order valence-electron chi connectivity index (χ1n) is 5.15. The van der Waals surface area contributed by atoms with E-state index in [1.54, 1.807) is 12.1 Å². The van der Waals surface area contributed by atoms with E-state index in [0.717, 1.165) is 5.56 Å². The van der Waals surface area contributed by atoms with Gasteiger partial charge in [-0.3, -0.25) is 4.57 Å². The van der Waals surface area contributed by atoms with Gasteiger partial charge in [-0.05, 0) is 26.0 Å². The summed E-state index contributed by atoms with van der Waals surface area (Å²) >= 11 is 5.34. The van der Waals surface area contributed by atoms with Crippen molar-refractivity contribution in [2.75, 3.05) is 5.62 Å². The Labute approximate surface area is 112 Å². The predicted molar refractivity (Wildman–Crippen MR) is 71.5 cm³/mol. The molecule has 5 nitrogen and oxygen atoms in total. The number of halogens is 1. The Morgan fingerprint density at radius 2 is 1.89 bits per heavy atom. The van der Waals surface area contributed by atoms with E-state index in [9.17, 15) is 17.9 Å². The molecule has 18 heavy (non-hydrogen) atoms. The van der Waals surface area contributed by atoms with Crippen molar-refractivity contribution < 1.29 is 17.9 Å². The van der Waals surface area contributed by atoms with Crippen molar-refractivity contribution in [2.24, 2.45) is 0 Å². The molecular weight excluding hydrogens is 297 g/mol. The summed E-state index contributed by atoms with van der Waals surface area (Å²) in [7, 11) is -7.53. The molecule has 0 radical (unpaired) electrons. The lowest BCUT2D eigenvalue weighted by atomic mass is 10.2. The van der Waals surface area contributed by atoms with Gasteiger partial charge < -0.3 is 4.89 Å². The molecule has 0 aliphatic rings. The minimum Gasteiger partial charge on any atom is -0.342 e. The monoisotopic (exact) mass is 311 g/mol. The molecule has 1 aromatic rings. The third-order valence-electron chi connectivity index (χ3n) is 2.43. The van der Waals surface area contributed by atoms with Gasteiger partial charge in [-0.2, -0.15) is 4.72 Å². The zero-order valence-corrected chi connectivity index (χ0v) is 12.5. The molecule has 2 atom stereocenters. The van der Waals surface area contributed by atoms with Crippen LogP contribution in [0.5, 0.6) is 0 Å². The lowest BCUT2D eigenvalue weighted by Crippen LogP contribution is -2.32. The number of hydrogen-bond acceptors (Lipinski definition) is 3. The van der Waals surface area contributed by atoms with Crippen LogP contribution in [0.25, 0.3) is 0 Å². The van der Waals surface area contributed by atoms with Gasteiger partial charge in [0.2, 0.25) is 17.4 Å². The Morgan fingerprint density at radius 1 is 1.39 bits per heavy atom. The summed E-state index contributed by atoms with van der Waals surface area (Å²) in [5, 5.41) is 0. The number of benzene rings is 1. The second kappa shape index (κ2) is 5.72. The van der Waals surface area contributed by atoms with Crippen LogP contribution < -0.4 is 4.72 Å². The summed E-state index contributed by atoms with van der Waals surface area (Å²) < 4.78 is 37.6. The molecule has 0 fully saturated rings. The normalized spacial score (nSPS) is 17.1. The van der Waals surface area contributed by atoms with Crippen molar-refractivity contribution >= 4 is 29.0 Å². The SMILES string of the molecule is Cc1ccc(S(=O)(=O)NC(C)P(=O)(O)CCl)cc1. The molecular formula is C10H15ClNO4PS. The first-order chi connectivity index (χ1) is 8.19. The maximum absolute atomic E-state index is 11.9. The van der Waals surface area contributed by atoms with Gasteiger partial charge in [0, 0.05) is 0 Å². The predicted octanol–water partition coefficient (Wildman–Crippen LogP) is 2.09. The van der Waals surface area contributed by atoms with Crippen molar-refractivity contribution in [2.45, 2.75) is 24.5 Å². The van der Waals surface area contributed by atoms with Gasteiger partial charge in [-0.15, -0.1) is 11.6 Å². The fourth-order valence-electron chi connectivity index (χ4n) is 1.20. The molecule has 8 heteroatoms. The Hall–Kier alpha value is -0.390. The van der Waals surface area contributed by atoms with E-state index >= 15 is 0 Å². The molecule has 102 valence electrons. The van der Waals surface area contributed by atoms with Gasteiger partial charge in [-0.1, -0.05) is 17.7 Å². The molecule has 0 aliphatic heterocycles. The quantitative estimate of drug-likeness (QED) is 0.644. The highest BCUT2D eigenvalue weighted by atomic mass is 35.5. The standard InChI is InChI=1S/C10H15ClNO4PS/c1-8-3-5-10(6-4-8)18(15,16)12-9(2)17(13,14)7-11/h3-6,9,12H,7H2,1-2H3,(H,13,14). The van der Waals surface area contributed by atoms with E-state index in [0.29, 0.717) is 0 Å². The van der Waals surface area contributed by atoms with Crippen LogP contribution in [-0.4, -0.2) is 24.7 Å². The molecule has 1 rings (SSSR count). The van der Waals surface area contributed by atoms with Crippen molar-refractivity contribution in [3.63, 3.8) is 0 Å². The van der Waals surface area contributed by atoms with Crippen LogP contribution in [-0.2, 0) is 14.6 Å². The minimum atomic E-state index is -3.81. The lowest BCUT2D eigenvalue weighted by molar-refractivity contribution is 0.465. The Balaban J connectivity index is 2.96. The molecule has 0 aliphatic carbocycles. The largest absolute Gasteiger partial charge is 0.342 e. The average molecular weight is 312 g/mol. The summed E-state index contributed by atoms with van der Waals surface area (Å²) in [4.78, 5) is 9.49. The topological polar surface area (TPSA) is 83.5 Å². The summed E-state index contributed by atoms with van der Waals surface area (Å²) in [5.74, 6) is -1.12. The number of rotatable bonds is 5. The number of hydrogen-bond donors (Lipinski definition) is 2. The zero-order chi connectivity index (χ0) is 14.0. The lowest BCUT2D eigenvalue weighted by Gasteiger charge is -2.18. The van der Waals surface area contributed by atoms with Gasteiger partial charge in [-0.25, -0.2) is 8.42 Å². The molecule has 2 N–H and O–H groups in total. The van der Waals surface area contributed by atoms with Crippen molar-refractivity contribution in [1.82, 2.24) is 4.72 Å². The highest BCUT2D eigenvalue weighted by Crippen LogP contribution is 2.46. The fourth-order valence-corrected chi connectivity index (χ4v) is 4.18. The molecule has 0 amide bonds. The summed E-state index contributed by atoms with van der Waals surface area (Å²) in [6, 6.07) is 6.18. The third-order valence-corrected chi connectivity index (χ3v) is 6.87. The van der Waals surface area contributed by atoms with E-state index in [2.05, 4.69) is 4.72 Å². The Bertz CT molecular complexity index is 558. The smallest absolute Gasteiger partial charge is 0.241 e. The van der Waals surface area contributed by atoms with Gasteiger partial charge >= 0.3 is 0 Å². The highest BCUT2D eigenvalue weighted by molar-refractivity contribution is 7.90. The average Bonchev–Trinajstić information content (AvgIpc) is 2.29. The second-order valence-electron chi connectivity index (χ2n) is 3.99. The number of alkyl halides is 1. The summed E-state index contributed by atoms with van der Waals surface area (Å²) in [6.07, 6.45) is 0. The van der Waals surface area contributed by atoms with Gasteiger partial charge in [0.15, 0.2) is 0 Å². The molecule has 0 heterocycles. The Kier molecular flexibility index (Phi) is 4.98. The van der Waals surface area contributed by atoms with E-state index in [1.165, 1.54) is 19.1 Å². The third kappa shape index (κ3) is 3.80. The number of sulfonamides is 1. The summed E-state index contributed by atoms with van der Waals surface area (Å²) in [6.45, 7) is 3.15. The molecule has 1 aromatic carbocycles. The first kappa shape index (κ1) is 15.7. The fraction of sp³-hybridized carbons (Fsp3) is 0.400. The molecule has 2 unspecified atom stereocenters. The minimum absolute atomic E-state index is 0.0505. The molecule has 0 saturated heterocycles. The second-order valence-corrected chi connectivity index (χ2v) is 8.94. The van der Waals surface area contributed by atoms with Gasteiger partial charge in [0.25, 0.3) is 0 Å². The van der Waals surface area contributed by atoms with Crippen LogP contribution in [0.15, 0.2) is 29.2 Å². The molecule has 0 saturated carbocycles. The van der Waals surface area contributed by atoms with Crippen LogP contribution in [0.3, 0.4) is 0 Å². The molecule has 0 bridgehead atoms. The maximum Gasteiger partial charge on any atom is 0.241 e. The van der Waals surface area contributed by atoms with Gasteiger partial charge in [0.05, 0.1) is 10.7 Å². The number of aryl methyl sites for hydroxylation is 1. The molecule has 0 spiro atoms. The van der Waals surface area contributed by atoms with Crippen molar-refractivity contribution in [3.8, 4) is 0 Å². The summed E-state index contributed by atoms with van der Waals surface area (Å²) in [5.41, 5.74) is 0.431. The number of nitrogens with one attached hydrogen (secondary N) is 1. The Morgan fingerprint density at radius 3 is 2.33 bits per heavy atom. The van der Waals surface area contributed by atoms with E-state index in [4.69, 9.17) is 11.6 Å². The zero-order valence-electron chi connectivity index (χ0n) is 10.00.